The first kappa shape index (κ1) is 9.58. The van der Waals surface area contributed by atoms with E-state index in [0.29, 0.717) is 0 Å². The average molecular weight is 213 g/mol. The van der Waals surface area contributed by atoms with E-state index in [1.807, 2.05) is 12.3 Å². The van der Waals surface area contributed by atoms with Gasteiger partial charge in [-0.25, -0.2) is 0 Å². The van der Waals surface area contributed by atoms with Gasteiger partial charge < -0.3 is 0 Å². The Morgan fingerprint density at radius 1 is 1.31 bits per heavy atom. The van der Waals surface area contributed by atoms with Crippen LogP contribution in [0, 0.1) is 6.92 Å². The SMILES string of the molecule is Cc1cccnc1-c1cc2n(n1)CCCC2. The van der Waals surface area contributed by atoms with Crippen LogP contribution >= 0.6 is 0 Å². The third-order valence-corrected chi connectivity index (χ3v) is 3.17. The summed E-state index contributed by atoms with van der Waals surface area (Å²) in [5, 5.41) is 4.64. The molecule has 0 amide bonds. The minimum Gasteiger partial charge on any atom is -0.269 e. The predicted molar refractivity (Wildman–Crippen MR) is 63.1 cm³/mol. The normalized spacial score (nSPS) is 14.8. The summed E-state index contributed by atoms with van der Waals surface area (Å²) in [6.45, 7) is 3.14. The summed E-state index contributed by atoms with van der Waals surface area (Å²) in [4.78, 5) is 4.42. The highest BCUT2D eigenvalue weighted by atomic mass is 15.3. The lowest BCUT2D eigenvalue weighted by Crippen LogP contribution is -2.10. The van der Waals surface area contributed by atoms with Gasteiger partial charge in [0.2, 0.25) is 0 Å². The van der Waals surface area contributed by atoms with Gasteiger partial charge in [0.15, 0.2) is 0 Å². The Balaban J connectivity index is 2.07. The molecule has 0 aromatic carbocycles. The largest absolute Gasteiger partial charge is 0.269 e. The highest BCUT2D eigenvalue weighted by molar-refractivity contribution is 5.58. The Kier molecular flexibility index (Phi) is 2.24. The average Bonchev–Trinajstić information content (AvgIpc) is 2.73. The van der Waals surface area contributed by atoms with Crippen molar-refractivity contribution in [1.29, 1.82) is 0 Å². The second kappa shape index (κ2) is 3.74. The highest BCUT2D eigenvalue weighted by Gasteiger charge is 2.14. The highest BCUT2D eigenvalue weighted by Crippen LogP contribution is 2.23. The number of pyridine rings is 1. The Morgan fingerprint density at radius 3 is 3.06 bits per heavy atom. The number of fused-ring (bicyclic) bond motifs is 1. The summed E-state index contributed by atoms with van der Waals surface area (Å²) in [7, 11) is 0. The first-order chi connectivity index (χ1) is 7.84. The molecule has 3 nitrogen and oxygen atoms in total. The van der Waals surface area contributed by atoms with Crippen LogP contribution in [-0.4, -0.2) is 14.8 Å². The van der Waals surface area contributed by atoms with Crippen LogP contribution in [0.25, 0.3) is 11.4 Å². The number of hydrogen-bond donors (Lipinski definition) is 0. The summed E-state index contributed by atoms with van der Waals surface area (Å²) in [5.41, 5.74) is 4.59. The van der Waals surface area contributed by atoms with Gasteiger partial charge in [0.25, 0.3) is 0 Å². The maximum atomic E-state index is 4.64. The van der Waals surface area contributed by atoms with Gasteiger partial charge in [-0.2, -0.15) is 5.10 Å². The van der Waals surface area contributed by atoms with Gasteiger partial charge in [-0.05, 0) is 43.9 Å². The van der Waals surface area contributed by atoms with E-state index in [-0.39, 0.29) is 0 Å². The van der Waals surface area contributed by atoms with Gasteiger partial charge in [-0.1, -0.05) is 6.07 Å². The fourth-order valence-electron chi connectivity index (χ4n) is 2.29. The van der Waals surface area contributed by atoms with Crippen LogP contribution in [0.5, 0.6) is 0 Å². The summed E-state index contributed by atoms with van der Waals surface area (Å²) in [5.74, 6) is 0. The molecule has 3 rings (SSSR count). The van der Waals surface area contributed by atoms with E-state index in [2.05, 4.69) is 33.8 Å². The van der Waals surface area contributed by atoms with Crippen molar-refractivity contribution >= 4 is 0 Å². The standard InChI is InChI=1S/C13H15N3/c1-10-5-4-7-14-13(10)12-9-11-6-2-3-8-16(11)15-12/h4-5,7,9H,2-3,6,8H2,1H3. The first-order valence-corrected chi connectivity index (χ1v) is 5.83. The van der Waals surface area contributed by atoms with E-state index >= 15 is 0 Å². The first-order valence-electron chi connectivity index (χ1n) is 5.83. The molecule has 0 bridgehead atoms. The number of nitrogens with zero attached hydrogens (tertiary/aromatic N) is 3. The zero-order valence-electron chi connectivity index (χ0n) is 9.48. The lowest BCUT2D eigenvalue weighted by molar-refractivity contribution is 0.487. The fraction of sp³-hybridized carbons (Fsp3) is 0.385. The summed E-state index contributed by atoms with van der Waals surface area (Å²) < 4.78 is 2.13. The van der Waals surface area contributed by atoms with Gasteiger partial charge in [0.1, 0.15) is 5.69 Å². The van der Waals surface area contributed by atoms with Crippen molar-refractivity contribution in [3.05, 3.63) is 35.7 Å². The molecule has 0 aliphatic carbocycles. The Bertz CT molecular complexity index is 490. The van der Waals surface area contributed by atoms with Crippen molar-refractivity contribution in [2.24, 2.45) is 0 Å². The minimum absolute atomic E-state index is 1.02. The second-order valence-electron chi connectivity index (χ2n) is 4.37. The molecule has 2 aromatic rings. The van der Waals surface area contributed by atoms with Crippen LogP contribution in [0.4, 0.5) is 0 Å². The molecule has 0 atom stereocenters. The third kappa shape index (κ3) is 1.52. The molecule has 2 aromatic heterocycles. The van der Waals surface area contributed by atoms with Crippen molar-refractivity contribution in [2.75, 3.05) is 0 Å². The van der Waals surface area contributed by atoms with Crippen LogP contribution in [0.2, 0.25) is 0 Å². The Labute approximate surface area is 95.1 Å². The van der Waals surface area contributed by atoms with Crippen molar-refractivity contribution in [3.8, 4) is 11.4 Å². The molecular formula is C13H15N3. The van der Waals surface area contributed by atoms with Gasteiger partial charge in [-0.3, -0.25) is 9.67 Å². The Morgan fingerprint density at radius 2 is 2.25 bits per heavy atom. The van der Waals surface area contributed by atoms with Crippen molar-refractivity contribution in [2.45, 2.75) is 32.7 Å². The zero-order chi connectivity index (χ0) is 11.0. The number of aryl methyl sites for hydroxylation is 3. The van der Waals surface area contributed by atoms with Crippen LogP contribution in [0.15, 0.2) is 24.4 Å². The summed E-state index contributed by atoms with van der Waals surface area (Å²) in [6, 6.07) is 6.24. The van der Waals surface area contributed by atoms with Crippen LogP contribution in [0.3, 0.4) is 0 Å². The molecular weight excluding hydrogens is 198 g/mol. The molecule has 3 heteroatoms. The van der Waals surface area contributed by atoms with Gasteiger partial charge >= 0.3 is 0 Å². The van der Waals surface area contributed by atoms with E-state index in [1.165, 1.54) is 24.1 Å². The topological polar surface area (TPSA) is 30.7 Å². The molecule has 1 aliphatic rings. The van der Waals surface area contributed by atoms with E-state index < -0.39 is 0 Å². The van der Waals surface area contributed by atoms with Crippen molar-refractivity contribution < 1.29 is 0 Å². The van der Waals surface area contributed by atoms with Crippen molar-refractivity contribution in [3.63, 3.8) is 0 Å². The van der Waals surface area contributed by atoms with Gasteiger partial charge in [0.05, 0.1) is 5.69 Å². The molecule has 0 spiro atoms. The quantitative estimate of drug-likeness (QED) is 0.729. The second-order valence-corrected chi connectivity index (χ2v) is 4.37. The zero-order valence-corrected chi connectivity index (χ0v) is 9.48. The molecule has 3 heterocycles. The predicted octanol–water partition coefficient (Wildman–Crippen LogP) is 2.59. The smallest absolute Gasteiger partial charge is 0.111 e. The number of hydrogen-bond acceptors (Lipinski definition) is 2. The summed E-state index contributed by atoms with van der Waals surface area (Å²) in [6.07, 6.45) is 5.52. The fourth-order valence-corrected chi connectivity index (χ4v) is 2.29. The van der Waals surface area contributed by atoms with E-state index in [1.54, 1.807) is 0 Å². The van der Waals surface area contributed by atoms with Crippen LogP contribution in [-0.2, 0) is 13.0 Å². The van der Waals surface area contributed by atoms with Gasteiger partial charge in [0, 0.05) is 18.4 Å². The molecule has 1 aliphatic heterocycles. The minimum atomic E-state index is 1.02. The maximum absolute atomic E-state index is 4.64. The van der Waals surface area contributed by atoms with Crippen molar-refractivity contribution in [1.82, 2.24) is 14.8 Å². The number of aromatic nitrogens is 3. The Hall–Kier alpha value is -1.64. The third-order valence-electron chi connectivity index (χ3n) is 3.17. The van der Waals surface area contributed by atoms with Crippen LogP contribution < -0.4 is 0 Å². The van der Waals surface area contributed by atoms with E-state index in [9.17, 15) is 0 Å². The molecule has 0 saturated carbocycles. The van der Waals surface area contributed by atoms with Crippen LogP contribution in [0.1, 0.15) is 24.1 Å². The summed E-state index contributed by atoms with van der Waals surface area (Å²) >= 11 is 0. The molecule has 0 saturated heterocycles. The lowest BCUT2D eigenvalue weighted by atomic mass is 10.1. The molecule has 0 fully saturated rings. The lowest BCUT2D eigenvalue weighted by Gasteiger charge is -2.11. The van der Waals surface area contributed by atoms with E-state index in [0.717, 1.165) is 24.4 Å². The van der Waals surface area contributed by atoms with E-state index in [4.69, 9.17) is 0 Å². The molecule has 82 valence electrons. The molecule has 0 N–H and O–H groups in total. The molecule has 16 heavy (non-hydrogen) atoms. The monoisotopic (exact) mass is 213 g/mol. The van der Waals surface area contributed by atoms with Gasteiger partial charge in [-0.15, -0.1) is 0 Å². The molecule has 0 unspecified atom stereocenters. The maximum Gasteiger partial charge on any atom is 0.111 e. The number of rotatable bonds is 1. The molecule has 0 radical (unpaired) electrons.